The highest BCUT2D eigenvalue weighted by Gasteiger charge is 2.17. The number of carbonyl (C=O) groups is 1. The Hall–Kier alpha value is -3.21. The summed E-state index contributed by atoms with van der Waals surface area (Å²) in [6.07, 6.45) is 61.9. The Morgan fingerprint density at radius 2 is 0.898 bits per heavy atom. The fourth-order valence-corrected chi connectivity index (χ4v) is 4.74. The predicted octanol–water partition coefficient (Wildman–Crippen LogP) is 11.8. The predicted molar refractivity (Wildman–Crippen MR) is 215 cm³/mol. The van der Waals surface area contributed by atoms with Crippen molar-refractivity contribution in [2.75, 3.05) is 6.61 Å². The molecule has 0 heterocycles. The van der Waals surface area contributed by atoms with Crippen molar-refractivity contribution in [3.8, 4) is 0 Å². The lowest BCUT2D eigenvalue weighted by atomic mass is 10.1. The molecule has 0 saturated heterocycles. The molecule has 4 heteroatoms. The zero-order chi connectivity index (χ0) is 35.7. The van der Waals surface area contributed by atoms with E-state index in [4.69, 9.17) is 0 Å². The number of nitrogens with one attached hydrogen (secondary N) is 1. The molecule has 3 N–H and O–H groups in total. The van der Waals surface area contributed by atoms with Crippen molar-refractivity contribution < 1.29 is 15.0 Å². The summed E-state index contributed by atoms with van der Waals surface area (Å²) in [4.78, 5) is 12.2. The first-order valence-electron chi connectivity index (χ1n) is 19.2. The van der Waals surface area contributed by atoms with E-state index < -0.39 is 12.1 Å². The highest BCUT2D eigenvalue weighted by atomic mass is 16.3. The number of aliphatic hydroxyl groups is 2. The van der Waals surface area contributed by atoms with E-state index in [0.717, 1.165) is 103 Å². The van der Waals surface area contributed by atoms with Gasteiger partial charge in [0.15, 0.2) is 0 Å². The van der Waals surface area contributed by atoms with E-state index in [9.17, 15) is 15.0 Å². The molecule has 4 nitrogen and oxygen atoms in total. The van der Waals surface area contributed by atoms with Crippen LogP contribution in [0.2, 0.25) is 0 Å². The molecule has 0 rings (SSSR count). The Morgan fingerprint density at radius 1 is 0.510 bits per heavy atom. The minimum atomic E-state index is -0.851. The van der Waals surface area contributed by atoms with Gasteiger partial charge in [0.1, 0.15) is 0 Å². The first-order valence-corrected chi connectivity index (χ1v) is 19.2. The number of carbonyl (C=O) groups excluding carboxylic acids is 1. The summed E-state index contributed by atoms with van der Waals surface area (Å²) >= 11 is 0. The van der Waals surface area contributed by atoms with Crippen molar-refractivity contribution in [3.05, 3.63) is 122 Å². The van der Waals surface area contributed by atoms with Crippen LogP contribution in [0.5, 0.6) is 0 Å². The van der Waals surface area contributed by atoms with Gasteiger partial charge in [-0.15, -0.1) is 0 Å². The SMILES string of the molecule is CC/C=C\C/C=C\C/C=C\C/C=C\C/C=C\C/C=C\C/C=C\C/C=C\C/C=C\CCCCCCCC(=O)NC(CO)C(O)/C=C/CCCC. The van der Waals surface area contributed by atoms with Crippen LogP contribution >= 0.6 is 0 Å². The number of hydrogen-bond acceptors (Lipinski definition) is 3. The lowest BCUT2D eigenvalue weighted by Gasteiger charge is -2.19. The molecule has 0 bridgehead atoms. The second-order valence-corrected chi connectivity index (χ2v) is 12.3. The topological polar surface area (TPSA) is 69.6 Å². The van der Waals surface area contributed by atoms with Gasteiger partial charge in [0.2, 0.25) is 5.91 Å². The van der Waals surface area contributed by atoms with Gasteiger partial charge in [0.25, 0.3) is 0 Å². The molecule has 0 aliphatic heterocycles. The first-order chi connectivity index (χ1) is 24.2. The quantitative estimate of drug-likeness (QED) is 0.0492. The summed E-state index contributed by atoms with van der Waals surface area (Å²) in [7, 11) is 0. The van der Waals surface area contributed by atoms with Gasteiger partial charge >= 0.3 is 0 Å². The van der Waals surface area contributed by atoms with Gasteiger partial charge in [-0.25, -0.2) is 0 Å². The first kappa shape index (κ1) is 45.8. The highest BCUT2D eigenvalue weighted by molar-refractivity contribution is 5.76. The molecule has 2 unspecified atom stereocenters. The maximum atomic E-state index is 12.2. The fraction of sp³-hybridized carbons (Fsp3) is 0.533. The maximum absolute atomic E-state index is 12.2. The van der Waals surface area contributed by atoms with Gasteiger partial charge in [-0.05, 0) is 83.5 Å². The molecule has 274 valence electrons. The molecule has 0 aromatic carbocycles. The van der Waals surface area contributed by atoms with Crippen molar-refractivity contribution in [2.24, 2.45) is 0 Å². The summed E-state index contributed by atoms with van der Waals surface area (Å²) < 4.78 is 0. The van der Waals surface area contributed by atoms with Crippen LogP contribution in [0.25, 0.3) is 0 Å². The smallest absolute Gasteiger partial charge is 0.220 e. The largest absolute Gasteiger partial charge is 0.394 e. The van der Waals surface area contributed by atoms with Crippen LogP contribution in [-0.4, -0.2) is 34.9 Å². The van der Waals surface area contributed by atoms with E-state index >= 15 is 0 Å². The van der Waals surface area contributed by atoms with Crippen LogP contribution in [0.1, 0.15) is 136 Å². The third kappa shape index (κ3) is 35.9. The van der Waals surface area contributed by atoms with Crippen LogP contribution in [0.4, 0.5) is 0 Å². The van der Waals surface area contributed by atoms with Crippen LogP contribution in [0.15, 0.2) is 122 Å². The third-order valence-electron chi connectivity index (χ3n) is 7.70. The summed E-state index contributed by atoms with van der Waals surface area (Å²) in [5.74, 6) is -0.101. The van der Waals surface area contributed by atoms with Crippen LogP contribution < -0.4 is 5.32 Å². The molecule has 0 aliphatic rings. The Kier molecular flexibility index (Phi) is 36.7. The number of rotatable bonds is 32. The van der Waals surface area contributed by atoms with E-state index in [1.54, 1.807) is 6.08 Å². The van der Waals surface area contributed by atoms with E-state index in [1.807, 2.05) is 6.08 Å². The van der Waals surface area contributed by atoms with Crippen molar-refractivity contribution in [2.45, 2.75) is 148 Å². The lowest BCUT2D eigenvalue weighted by Crippen LogP contribution is -2.45. The van der Waals surface area contributed by atoms with Gasteiger partial charge in [0, 0.05) is 6.42 Å². The minimum absolute atomic E-state index is 0.101. The molecular weight excluding hydrogens is 602 g/mol. The zero-order valence-corrected chi connectivity index (χ0v) is 31.1. The lowest BCUT2D eigenvalue weighted by molar-refractivity contribution is -0.123. The fourth-order valence-electron chi connectivity index (χ4n) is 4.74. The maximum Gasteiger partial charge on any atom is 0.220 e. The zero-order valence-electron chi connectivity index (χ0n) is 31.1. The van der Waals surface area contributed by atoms with E-state index in [2.05, 4.69) is 129 Å². The van der Waals surface area contributed by atoms with E-state index in [0.29, 0.717) is 6.42 Å². The molecule has 0 aromatic heterocycles. The average Bonchev–Trinajstić information content (AvgIpc) is 3.11. The molecule has 0 fully saturated rings. The van der Waals surface area contributed by atoms with Gasteiger partial charge in [-0.1, -0.05) is 167 Å². The Balaban J connectivity index is 3.67. The Morgan fingerprint density at radius 3 is 1.33 bits per heavy atom. The number of allylic oxidation sites excluding steroid dienone is 19. The summed E-state index contributed by atoms with van der Waals surface area (Å²) in [5, 5.41) is 22.4. The van der Waals surface area contributed by atoms with Crippen LogP contribution in [-0.2, 0) is 4.79 Å². The molecule has 2 atom stereocenters. The molecule has 49 heavy (non-hydrogen) atoms. The van der Waals surface area contributed by atoms with E-state index in [-0.39, 0.29) is 12.5 Å². The van der Waals surface area contributed by atoms with Crippen LogP contribution in [0.3, 0.4) is 0 Å². The van der Waals surface area contributed by atoms with Crippen molar-refractivity contribution >= 4 is 5.91 Å². The highest BCUT2D eigenvalue weighted by Crippen LogP contribution is 2.09. The summed E-state index contributed by atoms with van der Waals surface area (Å²) in [6.45, 7) is 4.01. The summed E-state index contributed by atoms with van der Waals surface area (Å²) in [6, 6.07) is -0.637. The average molecular weight is 674 g/mol. The van der Waals surface area contributed by atoms with Crippen LogP contribution in [0, 0.1) is 0 Å². The molecule has 0 saturated carbocycles. The molecule has 0 aliphatic carbocycles. The van der Waals surface area contributed by atoms with Gasteiger partial charge in [-0.3, -0.25) is 4.79 Å². The molecule has 0 spiro atoms. The van der Waals surface area contributed by atoms with E-state index in [1.165, 1.54) is 12.8 Å². The monoisotopic (exact) mass is 674 g/mol. The van der Waals surface area contributed by atoms with Crippen molar-refractivity contribution in [3.63, 3.8) is 0 Å². The van der Waals surface area contributed by atoms with Gasteiger partial charge in [0.05, 0.1) is 18.8 Å². The Bertz CT molecular complexity index is 1040. The number of amides is 1. The third-order valence-corrected chi connectivity index (χ3v) is 7.70. The van der Waals surface area contributed by atoms with Crippen molar-refractivity contribution in [1.82, 2.24) is 5.32 Å². The molecule has 0 aromatic rings. The second-order valence-electron chi connectivity index (χ2n) is 12.3. The van der Waals surface area contributed by atoms with Gasteiger partial charge < -0.3 is 15.5 Å². The van der Waals surface area contributed by atoms with Crippen molar-refractivity contribution in [1.29, 1.82) is 0 Å². The summed E-state index contributed by atoms with van der Waals surface area (Å²) in [5.41, 5.74) is 0. The Labute approximate surface area is 301 Å². The standard InChI is InChI=1S/C45H71NO3/c1-3-5-7-9-10-11-12-13-14-15-16-17-18-19-20-21-22-23-24-25-26-27-28-29-30-31-32-33-34-35-36-37-39-41-45(49)46-43(42-47)44(48)40-38-8-6-4-2/h5,7,10-11,13-14,16-17,19-20,22-23,25-26,28-29,31-32,38,40,43-44,47-48H,3-4,6,8-9,12,15,18,21,24,27,30,33-37,39,41-42H2,1-2H3,(H,46,49)/b7-5-,11-10-,14-13-,17-16-,20-19-,23-22-,26-25-,29-28-,32-31-,40-38+. The minimum Gasteiger partial charge on any atom is -0.394 e. The normalized spacial score (nSPS) is 14.4. The number of unbranched alkanes of at least 4 members (excludes halogenated alkanes) is 7. The molecule has 0 radical (unpaired) electrons. The second kappa shape index (κ2) is 39.2. The number of aliphatic hydroxyl groups excluding tert-OH is 2. The van der Waals surface area contributed by atoms with Gasteiger partial charge in [-0.2, -0.15) is 0 Å². The molecular formula is C45H71NO3. The number of hydrogen-bond donors (Lipinski definition) is 3. The molecule has 1 amide bonds.